The third-order valence-corrected chi connectivity index (χ3v) is 6.19. The summed E-state index contributed by atoms with van der Waals surface area (Å²) in [5, 5.41) is 9.65. The number of aromatic nitrogens is 3. The van der Waals surface area contributed by atoms with Crippen LogP contribution in [0, 0.1) is 6.92 Å². The fourth-order valence-electron chi connectivity index (χ4n) is 4.14. The summed E-state index contributed by atoms with van der Waals surface area (Å²) in [6.07, 6.45) is 5.21. The molecule has 4 aromatic rings. The predicted molar refractivity (Wildman–Crippen MR) is 150 cm³/mol. The van der Waals surface area contributed by atoms with E-state index in [-0.39, 0.29) is 18.3 Å². The molecule has 9 heteroatoms. The number of rotatable bonds is 7. The van der Waals surface area contributed by atoms with Crippen molar-refractivity contribution < 1.29 is 4.79 Å². The van der Waals surface area contributed by atoms with Crippen molar-refractivity contribution in [3.05, 3.63) is 95.9 Å². The number of pyridine rings is 1. The summed E-state index contributed by atoms with van der Waals surface area (Å²) in [5.41, 5.74) is 6.07. The van der Waals surface area contributed by atoms with Gasteiger partial charge in [-0.05, 0) is 60.5 Å². The van der Waals surface area contributed by atoms with Gasteiger partial charge in [0, 0.05) is 73.8 Å². The third kappa shape index (κ3) is 6.89. The average Bonchev–Trinajstić information content (AvgIpc) is 2.92. The summed E-state index contributed by atoms with van der Waals surface area (Å²) < 4.78 is 0. The summed E-state index contributed by atoms with van der Waals surface area (Å²) in [6.45, 7) is 7.04. The maximum atomic E-state index is 12.9. The van der Waals surface area contributed by atoms with E-state index in [1.165, 1.54) is 5.56 Å². The number of carbonyl (C=O) groups excluding carboxylic acids is 1. The Morgan fingerprint density at radius 3 is 2.62 bits per heavy atom. The first-order valence-corrected chi connectivity index (χ1v) is 12.1. The van der Waals surface area contributed by atoms with Gasteiger partial charge < -0.3 is 16.0 Å². The van der Waals surface area contributed by atoms with Crippen LogP contribution in [0.15, 0.2) is 79.3 Å². The molecule has 3 N–H and O–H groups in total. The number of aryl methyl sites for hydroxylation is 1. The first kappa shape index (κ1) is 26.2. The number of nitrogens with zero attached hydrogens (tertiary/aromatic N) is 4. The van der Waals surface area contributed by atoms with Gasteiger partial charge in [-0.15, -0.1) is 12.4 Å². The lowest BCUT2D eigenvalue weighted by Crippen LogP contribution is -2.42. The van der Waals surface area contributed by atoms with Crippen molar-refractivity contribution in [1.82, 2.24) is 25.2 Å². The Morgan fingerprint density at radius 2 is 1.86 bits per heavy atom. The van der Waals surface area contributed by atoms with Crippen LogP contribution in [0.3, 0.4) is 0 Å². The maximum absolute atomic E-state index is 12.9. The third-order valence-electron chi connectivity index (χ3n) is 6.19. The van der Waals surface area contributed by atoms with Gasteiger partial charge in [0.1, 0.15) is 0 Å². The van der Waals surface area contributed by atoms with E-state index in [9.17, 15) is 4.79 Å². The van der Waals surface area contributed by atoms with Gasteiger partial charge in [0.15, 0.2) is 0 Å². The molecule has 1 amide bonds. The standard InChI is InChI=1S/C28H29N7O.ClH/c1-20-4-9-24(17-26(20)34-28-31-12-10-25(33-28)23-3-2-11-30-18-23)32-27(36)22-7-5-21(6-8-22)19-35-15-13-29-14-16-35;/h2-12,17-18,29H,13-16,19H2,1H3,(H,32,36)(H,31,33,34);1H/i28+2;. The van der Waals surface area contributed by atoms with E-state index in [1.54, 1.807) is 18.6 Å². The van der Waals surface area contributed by atoms with Crippen molar-refractivity contribution in [2.45, 2.75) is 13.5 Å². The second kappa shape index (κ2) is 12.4. The molecule has 1 saturated heterocycles. The van der Waals surface area contributed by atoms with Crippen molar-refractivity contribution in [2.24, 2.45) is 0 Å². The van der Waals surface area contributed by atoms with Crippen LogP contribution in [-0.4, -0.2) is 51.9 Å². The molecule has 2 aromatic heterocycles. The molecular formula is C28H30ClN7O. The van der Waals surface area contributed by atoms with Crippen molar-refractivity contribution in [3.8, 4) is 11.3 Å². The minimum Gasteiger partial charge on any atom is -0.324 e. The second-order valence-electron chi connectivity index (χ2n) is 8.84. The number of amides is 1. The van der Waals surface area contributed by atoms with E-state index in [4.69, 9.17) is 0 Å². The van der Waals surface area contributed by atoms with Crippen LogP contribution in [0.25, 0.3) is 11.3 Å². The molecule has 2 aromatic carbocycles. The zero-order chi connectivity index (χ0) is 24.7. The van der Waals surface area contributed by atoms with Crippen LogP contribution < -0.4 is 16.0 Å². The number of hydrogen-bond acceptors (Lipinski definition) is 7. The SMILES string of the molecule is Cc1ccc(NC(=O)c2ccc(CN3CCNCC3)cc2)cc1N[14c]1nccc(-c2cccnc2)n1.Cl. The number of anilines is 3. The Bertz CT molecular complexity index is 1330. The lowest BCUT2D eigenvalue weighted by atomic mass is 10.1. The number of benzene rings is 2. The van der Waals surface area contributed by atoms with Gasteiger partial charge in [0.05, 0.1) is 5.69 Å². The van der Waals surface area contributed by atoms with Gasteiger partial charge >= 0.3 is 0 Å². The first-order valence-electron chi connectivity index (χ1n) is 12.1. The molecule has 0 aliphatic carbocycles. The Kier molecular flexibility index (Phi) is 8.79. The number of piperazine rings is 1. The molecule has 8 nitrogen and oxygen atoms in total. The quantitative estimate of drug-likeness (QED) is 0.328. The first-order chi connectivity index (χ1) is 17.6. The molecule has 0 saturated carbocycles. The summed E-state index contributed by atoms with van der Waals surface area (Å²) in [5.74, 6) is 0.330. The number of nitrogens with one attached hydrogen (secondary N) is 3. The maximum Gasteiger partial charge on any atom is 0.255 e. The van der Waals surface area contributed by atoms with Crippen LogP contribution >= 0.6 is 12.4 Å². The molecule has 0 spiro atoms. The Labute approximate surface area is 223 Å². The Hall–Kier alpha value is -3.85. The molecule has 37 heavy (non-hydrogen) atoms. The molecule has 1 fully saturated rings. The molecule has 1 aliphatic rings. The second-order valence-corrected chi connectivity index (χ2v) is 8.84. The fraction of sp³-hybridized carbons (Fsp3) is 0.214. The smallest absolute Gasteiger partial charge is 0.255 e. The highest BCUT2D eigenvalue weighted by Crippen LogP contribution is 2.24. The van der Waals surface area contributed by atoms with E-state index >= 15 is 0 Å². The monoisotopic (exact) mass is 517 g/mol. The van der Waals surface area contributed by atoms with E-state index in [0.717, 1.165) is 55.2 Å². The van der Waals surface area contributed by atoms with Gasteiger partial charge in [-0.2, -0.15) is 0 Å². The number of hydrogen-bond donors (Lipinski definition) is 3. The summed E-state index contributed by atoms with van der Waals surface area (Å²) >= 11 is 0. The summed E-state index contributed by atoms with van der Waals surface area (Å²) in [7, 11) is 0. The van der Waals surface area contributed by atoms with Crippen LogP contribution in [-0.2, 0) is 6.54 Å². The zero-order valence-electron chi connectivity index (χ0n) is 20.6. The van der Waals surface area contributed by atoms with Crippen LogP contribution in [0.1, 0.15) is 21.5 Å². The van der Waals surface area contributed by atoms with Gasteiger partial charge in [0.2, 0.25) is 5.95 Å². The highest BCUT2D eigenvalue weighted by molar-refractivity contribution is 6.04. The average molecular weight is 518 g/mol. The Balaban J connectivity index is 0.00000320. The zero-order valence-corrected chi connectivity index (χ0v) is 21.5. The topological polar surface area (TPSA) is 95.1 Å². The van der Waals surface area contributed by atoms with Crippen LogP contribution in [0.5, 0.6) is 0 Å². The van der Waals surface area contributed by atoms with Crippen molar-refractivity contribution in [3.63, 3.8) is 0 Å². The van der Waals surface area contributed by atoms with E-state index in [2.05, 4.69) is 35.8 Å². The minimum atomic E-state index is -0.145. The van der Waals surface area contributed by atoms with E-state index in [1.807, 2.05) is 67.6 Å². The van der Waals surface area contributed by atoms with Gasteiger partial charge in [0.25, 0.3) is 5.91 Å². The molecule has 0 bridgehead atoms. The largest absolute Gasteiger partial charge is 0.324 e. The number of carbonyl (C=O) groups is 1. The Morgan fingerprint density at radius 1 is 1.05 bits per heavy atom. The molecule has 0 atom stereocenters. The molecule has 1 aliphatic heterocycles. The van der Waals surface area contributed by atoms with Gasteiger partial charge in [-0.1, -0.05) is 18.2 Å². The van der Waals surface area contributed by atoms with E-state index in [0.29, 0.717) is 17.2 Å². The van der Waals surface area contributed by atoms with Crippen LogP contribution in [0.4, 0.5) is 17.3 Å². The summed E-state index contributed by atoms with van der Waals surface area (Å²) in [6, 6.07) is 19.3. The lowest BCUT2D eigenvalue weighted by Gasteiger charge is -2.27. The van der Waals surface area contributed by atoms with Crippen molar-refractivity contribution >= 4 is 35.6 Å². The fourth-order valence-corrected chi connectivity index (χ4v) is 4.14. The van der Waals surface area contributed by atoms with Crippen molar-refractivity contribution in [2.75, 3.05) is 36.8 Å². The van der Waals surface area contributed by atoms with Crippen molar-refractivity contribution in [1.29, 1.82) is 0 Å². The normalized spacial score (nSPS) is 13.4. The molecule has 0 radical (unpaired) electrons. The lowest BCUT2D eigenvalue weighted by molar-refractivity contribution is 0.102. The summed E-state index contributed by atoms with van der Waals surface area (Å²) in [4.78, 5) is 28.4. The van der Waals surface area contributed by atoms with Gasteiger partial charge in [-0.25, -0.2) is 9.97 Å². The molecule has 3 heterocycles. The number of halogens is 1. The predicted octanol–water partition coefficient (Wildman–Crippen LogP) is 4.67. The van der Waals surface area contributed by atoms with Crippen LogP contribution in [0.2, 0.25) is 0 Å². The van der Waals surface area contributed by atoms with E-state index < -0.39 is 0 Å². The highest BCUT2D eigenvalue weighted by Gasteiger charge is 2.12. The molecular weight excluding hydrogens is 488 g/mol. The molecule has 0 unspecified atom stereocenters. The highest BCUT2D eigenvalue weighted by atomic mass is 35.5. The molecule has 190 valence electrons. The van der Waals surface area contributed by atoms with Gasteiger partial charge in [-0.3, -0.25) is 14.7 Å². The molecule has 5 rings (SSSR count). The minimum absolute atomic E-state index is 0.